The molecular weight excluding hydrogens is 787 g/mol. The maximum atomic E-state index is 12.8. The molecule has 1 saturated carbocycles. The first-order chi connectivity index (χ1) is 29.0. The Balaban J connectivity index is 2.40. The first-order valence-electron chi connectivity index (χ1n) is 23.1. The fourth-order valence-electron chi connectivity index (χ4n) is 6.69. The summed E-state index contributed by atoms with van der Waals surface area (Å²) in [7, 11) is -5.03. The average molecular weight is 871 g/mol. The third kappa shape index (κ3) is 29.4. The minimum atomic E-state index is -5.03. The molecule has 12 nitrogen and oxygen atoms in total. The van der Waals surface area contributed by atoms with Crippen LogP contribution >= 0.6 is 7.82 Å². The smallest absolute Gasteiger partial charge is 0.457 e. The van der Waals surface area contributed by atoms with Gasteiger partial charge in [-0.15, -0.1) is 0 Å². The van der Waals surface area contributed by atoms with Crippen LogP contribution in [0, 0.1) is 0 Å². The van der Waals surface area contributed by atoms with Crippen molar-refractivity contribution < 1.29 is 58.3 Å². The van der Waals surface area contributed by atoms with Crippen LogP contribution in [-0.4, -0.2) is 98.9 Å². The van der Waals surface area contributed by atoms with Gasteiger partial charge in [-0.1, -0.05) is 145 Å². The summed E-state index contributed by atoms with van der Waals surface area (Å²) in [6, 6.07) is 0. The van der Waals surface area contributed by atoms with E-state index in [0.29, 0.717) is 13.0 Å². The van der Waals surface area contributed by atoms with Crippen LogP contribution in [0.3, 0.4) is 0 Å². The van der Waals surface area contributed by atoms with E-state index in [2.05, 4.69) is 74.6 Å². The molecule has 0 spiro atoms. The Morgan fingerprint density at radius 2 is 0.983 bits per heavy atom. The lowest BCUT2D eigenvalue weighted by Crippen LogP contribution is -2.64. The zero-order valence-corrected chi connectivity index (χ0v) is 37.9. The maximum Gasteiger partial charge on any atom is 0.472 e. The van der Waals surface area contributed by atoms with Crippen LogP contribution in [0.15, 0.2) is 60.8 Å². The second-order valence-corrected chi connectivity index (χ2v) is 17.3. The Hall–Kier alpha value is -1.96. The maximum absolute atomic E-state index is 12.8. The van der Waals surface area contributed by atoms with E-state index in [-0.39, 0.29) is 13.0 Å². The predicted molar refractivity (Wildman–Crippen MR) is 239 cm³/mol. The van der Waals surface area contributed by atoms with Gasteiger partial charge >= 0.3 is 13.8 Å². The fourth-order valence-corrected chi connectivity index (χ4v) is 7.67. The quantitative estimate of drug-likeness (QED) is 0.0149. The number of carbonyl (C=O) groups excluding carboxylic acids is 1. The van der Waals surface area contributed by atoms with Crippen LogP contribution in [0.2, 0.25) is 0 Å². The van der Waals surface area contributed by atoms with Crippen LogP contribution in [-0.2, 0) is 27.9 Å². The van der Waals surface area contributed by atoms with E-state index >= 15 is 0 Å². The summed E-state index contributed by atoms with van der Waals surface area (Å²) in [5, 5.41) is 50.2. The molecule has 6 atom stereocenters. The molecule has 0 aliphatic heterocycles. The zero-order valence-electron chi connectivity index (χ0n) is 37.0. The number of carbonyl (C=O) groups is 1. The van der Waals surface area contributed by atoms with Gasteiger partial charge in [-0.05, 0) is 77.0 Å². The highest BCUT2D eigenvalue weighted by Gasteiger charge is 2.51. The monoisotopic (exact) mass is 871 g/mol. The highest BCUT2D eigenvalue weighted by atomic mass is 31.2. The van der Waals surface area contributed by atoms with E-state index in [1.165, 1.54) is 57.8 Å². The van der Waals surface area contributed by atoms with Crippen molar-refractivity contribution in [1.82, 2.24) is 0 Å². The molecule has 0 amide bonds. The number of phosphoric acid groups is 1. The summed E-state index contributed by atoms with van der Waals surface area (Å²) in [6.07, 6.45) is 34.3. The van der Waals surface area contributed by atoms with Gasteiger partial charge in [-0.25, -0.2) is 4.57 Å². The van der Waals surface area contributed by atoms with Gasteiger partial charge in [0, 0.05) is 13.0 Å². The van der Waals surface area contributed by atoms with Gasteiger partial charge in [0.25, 0.3) is 0 Å². The number of phosphoric ester groups is 1. The molecular formula is C47H83O12P. The van der Waals surface area contributed by atoms with Crippen LogP contribution in [0.25, 0.3) is 0 Å². The van der Waals surface area contributed by atoms with Crippen molar-refractivity contribution in [3.63, 3.8) is 0 Å². The van der Waals surface area contributed by atoms with E-state index in [4.69, 9.17) is 18.5 Å². The van der Waals surface area contributed by atoms with Crippen LogP contribution in [0.1, 0.15) is 168 Å². The predicted octanol–water partition coefficient (Wildman–Crippen LogP) is 9.42. The number of aliphatic hydroxyl groups is 5. The molecule has 0 aromatic carbocycles. The Bertz CT molecular complexity index is 1220. The lowest BCUT2D eigenvalue weighted by molar-refractivity contribution is -0.220. The molecule has 0 bridgehead atoms. The second-order valence-electron chi connectivity index (χ2n) is 15.9. The van der Waals surface area contributed by atoms with Gasteiger partial charge in [0.05, 0.1) is 13.2 Å². The summed E-state index contributed by atoms with van der Waals surface area (Å²) >= 11 is 0. The standard InChI is InChI=1S/C47H83O12P/c1-3-5-7-9-11-13-15-17-19-20-21-22-23-24-26-28-30-32-34-36-41(48)58-40(38-56-37-35-33-31-29-27-25-18-16-14-12-10-8-6-4-2)39-57-60(54,55)59-47-45(52)43(50)42(49)44(51)46(47)53/h6,8,11-14,17-19,25,40,42-47,49-53H,3-5,7,9-10,15-16,20-24,26-39H2,1-2H3,(H,54,55)/b8-6-,13-11-,14-12-,19-17-,25-18-. The molecule has 1 fully saturated rings. The molecule has 1 aliphatic carbocycles. The fraction of sp³-hybridized carbons (Fsp3) is 0.766. The van der Waals surface area contributed by atoms with E-state index in [1.54, 1.807) is 0 Å². The van der Waals surface area contributed by atoms with Gasteiger partial charge in [0.1, 0.15) is 42.7 Å². The van der Waals surface area contributed by atoms with Crippen molar-refractivity contribution in [2.45, 2.75) is 211 Å². The van der Waals surface area contributed by atoms with Crippen LogP contribution in [0.4, 0.5) is 0 Å². The topological polar surface area (TPSA) is 192 Å². The molecule has 1 aliphatic rings. The minimum Gasteiger partial charge on any atom is -0.457 e. The lowest BCUT2D eigenvalue weighted by Gasteiger charge is -2.41. The molecule has 6 unspecified atom stereocenters. The largest absolute Gasteiger partial charge is 0.472 e. The Morgan fingerprint density at radius 3 is 1.50 bits per heavy atom. The van der Waals surface area contributed by atoms with Gasteiger partial charge < -0.3 is 39.9 Å². The Labute approximate surface area is 362 Å². The van der Waals surface area contributed by atoms with Crippen molar-refractivity contribution >= 4 is 13.8 Å². The summed E-state index contributed by atoms with van der Waals surface area (Å²) in [5.74, 6) is -0.492. The molecule has 0 heterocycles. The zero-order chi connectivity index (χ0) is 44.1. The van der Waals surface area contributed by atoms with E-state index < -0.39 is 63.1 Å². The molecule has 60 heavy (non-hydrogen) atoms. The molecule has 13 heteroatoms. The average Bonchev–Trinajstić information content (AvgIpc) is 3.23. The number of hydrogen-bond acceptors (Lipinski definition) is 11. The first kappa shape index (κ1) is 56.1. The summed E-state index contributed by atoms with van der Waals surface area (Å²) in [4.78, 5) is 23.2. The van der Waals surface area contributed by atoms with E-state index in [9.17, 15) is 39.8 Å². The van der Waals surface area contributed by atoms with Crippen molar-refractivity contribution in [3.05, 3.63) is 60.8 Å². The molecule has 0 saturated heterocycles. The molecule has 348 valence electrons. The number of esters is 1. The molecule has 6 N–H and O–H groups in total. The summed E-state index contributed by atoms with van der Waals surface area (Å²) in [6.45, 7) is 4.06. The summed E-state index contributed by atoms with van der Waals surface area (Å²) in [5.41, 5.74) is 0. The lowest BCUT2D eigenvalue weighted by atomic mass is 9.85. The van der Waals surface area contributed by atoms with Crippen molar-refractivity contribution in [2.75, 3.05) is 19.8 Å². The minimum absolute atomic E-state index is 0.0959. The molecule has 0 aromatic rings. The number of allylic oxidation sites excluding steroid dienone is 10. The highest BCUT2D eigenvalue weighted by molar-refractivity contribution is 7.47. The first-order valence-corrected chi connectivity index (χ1v) is 24.6. The van der Waals surface area contributed by atoms with E-state index in [1.807, 2.05) is 0 Å². The molecule has 0 radical (unpaired) electrons. The number of rotatable bonds is 38. The number of hydrogen-bond donors (Lipinski definition) is 6. The van der Waals surface area contributed by atoms with E-state index in [0.717, 1.165) is 83.5 Å². The van der Waals surface area contributed by atoms with Crippen molar-refractivity contribution in [2.24, 2.45) is 0 Å². The number of aliphatic hydroxyl groups excluding tert-OH is 5. The van der Waals surface area contributed by atoms with Gasteiger partial charge in [-0.2, -0.15) is 0 Å². The van der Waals surface area contributed by atoms with Gasteiger partial charge in [0.2, 0.25) is 0 Å². The number of unbranched alkanes of at least 4 members (excludes halogenated alkanes) is 16. The third-order valence-corrected chi connectivity index (χ3v) is 11.4. The SMILES string of the molecule is CC/C=C\C/C=C\C/C=C\CCCCCCOCC(COP(=O)(O)OC1C(O)C(O)C(O)C(O)C1O)OC(=O)CCCCCCCCCCC/C=C\C/C=C\CCCCC. The Morgan fingerprint density at radius 1 is 0.550 bits per heavy atom. The van der Waals surface area contributed by atoms with Crippen molar-refractivity contribution in [3.8, 4) is 0 Å². The second kappa shape index (κ2) is 37.6. The molecule has 0 aromatic heterocycles. The molecule has 1 rings (SSSR count). The normalized spacial score (nSPS) is 22.9. The highest BCUT2D eigenvalue weighted by Crippen LogP contribution is 2.47. The van der Waals surface area contributed by atoms with Gasteiger partial charge in [-0.3, -0.25) is 13.8 Å². The Kier molecular flexibility index (Phi) is 35.1. The summed E-state index contributed by atoms with van der Waals surface area (Å²) < 4.78 is 34.1. The van der Waals surface area contributed by atoms with Crippen molar-refractivity contribution in [1.29, 1.82) is 0 Å². The number of ether oxygens (including phenoxy) is 2. The van der Waals surface area contributed by atoms with Crippen LogP contribution in [0.5, 0.6) is 0 Å². The van der Waals surface area contributed by atoms with Crippen LogP contribution < -0.4 is 0 Å². The van der Waals surface area contributed by atoms with Gasteiger partial charge in [0.15, 0.2) is 0 Å². The third-order valence-electron chi connectivity index (χ3n) is 10.4.